The Morgan fingerprint density at radius 1 is 1.08 bits per heavy atom. The van der Waals surface area contributed by atoms with E-state index in [4.69, 9.17) is 9.47 Å². The van der Waals surface area contributed by atoms with Gasteiger partial charge in [-0.3, -0.25) is 4.79 Å². The third kappa shape index (κ3) is 3.81. The SMILES string of the molecule is COc1ccc2cc(CC(=O)OC3C[C@H]4CC[C@@H](C3)N4C)ccc2c1.Cl. The number of ether oxygens (including phenoxy) is 2. The molecule has 2 fully saturated rings. The molecule has 0 saturated carbocycles. The van der Waals surface area contributed by atoms with E-state index in [2.05, 4.69) is 18.0 Å². The van der Waals surface area contributed by atoms with E-state index in [1.54, 1.807) is 7.11 Å². The Hall–Kier alpha value is -1.78. The van der Waals surface area contributed by atoms with Crippen LogP contribution in [0.3, 0.4) is 0 Å². The van der Waals surface area contributed by atoms with Crippen LogP contribution in [0.2, 0.25) is 0 Å². The van der Waals surface area contributed by atoms with Crippen LogP contribution in [-0.4, -0.2) is 43.2 Å². The number of piperidine rings is 1. The molecule has 5 heteroatoms. The van der Waals surface area contributed by atoms with Gasteiger partial charge in [-0.25, -0.2) is 0 Å². The van der Waals surface area contributed by atoms with Crippen molar-refractivity contribution in [1.82, 2.24) is 4.90 Å². The van der Waals surface area contributed by atoms with Crippen molar-refractivity contribution in [3.05, 3.63) is 42.0 Å². The maximum atomic E-state index is 12.4. The van der Waals surface area contributed by atoms with Gasteiger partial charge in [0.25, 0.3) is 0 Å². The summed E-state index contributed by atoms with van der Waals surface area (Å²) in [6.07, 6.45) is 4.87. The molecule has 1 unspecified atom stereocenters. The monoisotopic (exact) mass is 375 g/mol. The molecule has 4 nitrogen and oxygen atoms in total. The largest absolute Gasteiger partial charge is 0.497 e. The average molecular weight is 376 g/mol. The molecule has 2 heterocycles. The van der Waals surface area contributed by atoms with Crippen LogP contribution in [0.4, 0.5) is 0 Å². The second-order valence-corrected chi connectivity index (χ2v) is 7.36. The summed E-state index contributed by atoms with van der Waals surface area (Å²) in [6.45, 7) is 0. The van der Waals surface area contributed by atoms with Gasteiger partial charge >= 0.3 is 5.97 Å². The standard InChI is InChI=1S/C21H25NO3.ClH/c1-22-17-6-7-18(22)13-20(12-17)25-21(23)10-14-3-4-16-11-19(24-2)8-5-15(16)9-14;/h3-5,8-9,11,17-18,20H,6-7,10,12-13H2,1-2H3;1H/t17-,18+,20?;. The van der Waals surface area contributed by atoms with Crippen molar-refractivity contribution < 1.29 is 14.3 Å². The first-order valence-electron chi connectivity index (χ1n) is 9.10. The number of hydrogen-bond donors (Lipinski definition) is 0. The normalized spacial score (nSPS) is 24.9. The first-order chi connectivity index (χ1) is 12.1. The number of hydrogen-bond acceptors (Lipinski definition) is 4. The molecular weight excluding hydrogens is 350 g/mol. The van der Waals surface area contributed by atoms with Gasteiger partial charge in [-0.05, 0) is 61.2 Å². The van der Waals surface area contributed by atoms with Gasteiger partial charge in [-0.15, -0.1) is 12.4 Å². The number of methoxy groups -OCH3 is 1. The van der Waals surface area contributed by atoms with Gasteiger partial charge in [-0.1, -0.05) is 24.3 Å². The van der Waals surface area contributed by atoms with Gasteiger partial charge in [-0.2, -0.15) is 0 Å². The predicted octanol–water partition coefficient (Wildman–Crippen LogP) is 3.98. The van der Waals surface area contributed by atoms with Crippen LogP contribution in [0.5, 0.6) is 5.75 Å². The lowest BCUT2D eigenvalue weighted by Crippen LogP contribution is -2.43. The molecule has 0 aliphatic carbocycles. The molecule has 2 aliphatic heterocycles. The third-order valence-corrected chi connectivity index (χ3v) is 5.81. The minimum atomic E-state index is -0.109. The molecule has 2 aromatic rings. The average Bonchev–Trinajstić information content (AvgIpc) is 2.82. The van der Waals surface area contributed by atoms with Crippen LogP contribution >= 0.6 is 12.4 Å². The van der Waals surface area contributed by atoms with E-state index in [0.717, 1.165) is 34.9 Å². The third-order valence-electron chi connectivity index (χ3n) is 5.81. The van der Waals surface area contributed by atoms with Crippen LogP contribution < -0.4 is 4.74 Å². The Morgan fingerprint density at radius 2 is 1.73 bits per heavy atom. The van der Waals surface area contributed by atoms with Gasteiger partial charge in [0.2, 0.25) is 0 Å². The Labute approximate surface area is 160 Å². The summed E-state index contributed by atoms with van der Waals surface area (Å²) >= 11 is 0. The van der Waals surface area contributed by atoms with E-state index in [1.165, 1.54) is 12.8 Å². The zero-order valence-corrected chi connectivity index (χ0v) is 16.1. The van der Waals surface area contributed by atoms with Crippen LogP contribution in [-0.2, 0) is 16.0 Å². The molecule has 0 aromatic heterocycles. The molecule has 0 spiro atoms. The topological polar surface area (TPSA) is 38.8 Å². The number of nitrogens with zero attached hydrogens (tertiary/aromatic N) is 1. The first-order valence-corrected chi connectivity index (χ1v) is 9.10. The quantitative estimate of drug-likeness (QED) is 0.757. The van der Waals surface area contributed by atoms with Gasteiger partial charge in [0.1, 0.15) is 11.9 Å². The maximum absolute atomic E-state index is 12.4. The summed E-state index contributed by atoms with van der Waals surface area (Å²) in [4.78, 5) is 14.8. The smallest absolute Gasteiger partial charge is 0.310 e. The maximum Gasteiger partial charge on any atom is 0.310 e. The summed E-state index contributed by atoms with van der Waals surface area (Å²) in [5, 5.41) is 2.23. The Morgan fingerprint density at radius 3 is 2.42 bits per heavy atom. The lowest BCUT2D eigenvalue weighted by Gasteiger charge is -2.35. The van der Waals surface area contributed by atoms with Gasteiger partial charge in [0, 0.05) is 12.1 Å². The molecule has 2 aliphatic rings. The van der Waals surface area contributed by atoms with E-state index in [0.29, 0.717) is 18.5 Å². The summed E-state index contributed by atoms with van der Waals surface area (Å²) < 4.78 is 11.0. The zero-order chi connectivity index (χ0) is 17.4. The van der Waals surface area contributed by atoms with Crippen molar-refractivity contribution >= 4 is 29.1 Å². The molecular formula is C21H26ClNO3. The summed E-state index contributed by atoms with van der Waals surface area (Å²) in [5.41, 5.74) is 0.999. The van der Waals surface area contributed by atoms with Crippen molar-refractivity contribution in [2.24, 2.45) is 0 Å². The van der Waals surface area contributed by atoms with Gasteiger partial charge in [0.05, 0.1) is 13.5 Å². The van der Waals surface area contributed by atoms with Gasteiger partial charge < -0.3 is 14.4 Å². The number of benzene rings is 2. The van der Waals surface area contributed by atoms with E-state index in [1.807, 2.05) is 30.3 Å². The van der Waals surface area contributed by atoms with Crippen molar-refractivity contribution in [2.45, 2.75) is 50.3 Å². The van der Waals surface area contributed by atoms with E-state index < -0.39 is 0 Å². The summed E-state index contributed by atoms with van der Waals surface area (Å²) in [7, 11) is 3.87. The molecule has 2 saturated heterocycles. The van der Waals surface area contributed by atoms with Crippen LogP contribution in [0, 0.1) is 0 Å². The van der Waals surface area contributed by atoms with Crippen molar-refractivity contribution in [3.63, 3.8) is 0 Å². The highest BCUT2D eigenvalue weighted by Gasteiger charge is 2.39. The van der Waals surface area contributed by atoms with Crippen molar-refractivity contribution in [2.75, 3.05) is 14.2 Å². The van der Waals surface area contributed by atoms with E-state index >= 15 is 0 Å². The number of halogens is 1. The molecule has 0 N–H and O–H groups in total. The predicted molar refractivity (Wildman–Crippen MR) is 105 cm³/mol. The van der Waals surface area contributed by atoms with Crippen molar-refractivity contribution in [3.8, 4) is 5.75 Å². The second-order valence-electron chi connectivity index (χ2n) is 7.36. The number of carbonyl (C=O) groups is 1. The van der Waals surface area contributed by atoms with Gasteiger partial charge in [0.15, 0.2) is 0 Å². The fourth-order valence-corrected chi connectivity index (χ4v) is 4.36. The molecule has 2 bridgehead atoms. The fourth-order valence-electron chi connectivity index (χ4n) is 4.36. The van der Waals surface area contributed by atoms with Crippen LogP contribution in [0.1, 0.15) is 31.2 Å². The highest BCUT2D eigenvalue weighted by Crippen LogP contribution is 2.35. The molecule has 0 amide bonds. The molecule has 4 rings (SSSR count). The van der Waals surface area contributed by atoms with E-state index in [9.17, 15) is 4.79 Å². The molecule has 3 atom stereocenters. The lowest BCUT2D eigenvalue weighted by atomic mass is 10.0. The number of fused-ring (bicyclic) bond motifs is 3. The Balaban J connectivity index is 0.00000196. The minimum Gasteiger partial charge on any atom is -0.497 e. The fraction of sp³-hybridized carbons (Fsp3) is 0.476. The molecule has 2 aromatic carbocycles. The number of rotatable bonds is 4. The first kappa shape index (κ1) is 19.0. The molecule has 140 valence electrons. The minimum absolute atomic E-state index is 0. The highest BCUT2D eigenvalue weighted by molar-refractivity contribution is 5.86. The van der Waals surface area contributed by atoms with Crippen molar-refractivity contribution in [1.29, 1.82) is 0 Å². The highest BCUT2D eigenvalue weighted by atomic mass is 35.5. The molecule has 0 radical (unpaired) electrons. The van der Waals surface area contributed by atoms with Crippen LogP contribution in [0.15, 0.2) is 36.4 Å². The second kappa shape index (κ2) is 7.85. The Bertz CT molecular complexity index is 780. The molecule has 26 heavy (non-hydrogen) atoms. The summed E-state index contributed by atoms with van der Waals surface area (Å²) in [6, 6.07) is 13.3. The summed E-state index contributed by atoms with van der Waals surface area (Å²) in [5.74, 6) is 0.735. The van der Waals surface area contributed by atoms with E-state index in [-0.39, 0.29) is 24.5 Å². The Kier molecular flexibility index (Phi) is 5.73. The van der Waals surface area contributed by atoms with Crippen LogP contribution in [0.25, 0.3) is 10.8 Å². The number of carbonyl (C=O) groups excluding carboxylic acids is 1. The number of esters is 1. The lowest BCUT2D eigenvalue weighted by molar-refractivity contribution is -0.151. The zero-order valence-electron chi connectivity index (χ0n) is 15.3.